The van der Waals surface area contributed by atoms with Gasteiger partial charge in [-0.15, -0.1) is 0 Å². The molecule has 2 saturated heterocycles. The second-order valence-corrected chi connectivity index (χ2v) is 5.32. The maximum atomic E-state index is 12.5. The number of hydrogen-bond acceptors (Lipinski definition) is 5. The van der Waals surface area contributed by atoms with Crippen molar-refractivity contribution in [3.8, 4) is 0 Å². The van der Waals surface area contributed by atoms with E-state index < -0.39 is 17.6 Å². The molecule has 6 heteroatoms. The smallest absolute Gasteiger partial charge is 0.183 e. The van der Waals surface area contributed by atoms with E-state index in [0.29, 0.717) is 18.2 Å². The minimum absolute atomic E-state index is 0.284. The van der Waals surface area contributed by atoms with E-state index in [1.165, 1.54) is 6.20 Å². The van der Waals surface area contributed by atoms with Crippen LogP contribution in [-0.2, 0) is 19.1 Å². The van der Waals surface area contributed by atoms with Gasteiger partial charge >= 0.3 is 0 Å². The molecule has 1 aromatic heterocycles. The number of epoxide rings is 2. The van der Waals surface area contributed by atoms with E-state index in [0.717, 1.165) is 0 Å². The van der Waals surface area contributed by atoms with E-state index in [1.54, 1.807) is 19.1 Å². The summed E-state index contributed by atoms with van der Waals surface area (Å²) in [5, 5.41) is 0.305. The molecule has 0 spiro atoms. The third-order valence-electron chi connectivity index (χ3n) is 3.36. The highest BCUT2D eigenvalue weighted by Crippen LogP contribution is 2.37. The molecule has 2 aliphatic rings. The number of hydrogen-bond donors (Lipinski definition) is 0. The van der Waals surface area contributed by atoms with Gasteiger partial charge < -0.3 is 9.47 Å². The van der Waals surface area contributed by atoms with Crippen LogP contribution in [0.5, 0.6) is 0 Å². The molecule has 5 nitrogen and oxygen atoms in total. The molecule has 0 N–H and O–H groups in total. The Bertz CT molecular complexity index is 551. The van der Waals surface area contributed by atoms with Crippen LogP contribution in [0.3, 0.4) is 0 Å². The van der Waals surface area contributed by atoms with Gasteiger partial charge in [-0.1, -0.05) is 11.6 Å². The number of carbonyl (C=O) groups excluding carboxylic acids is 2. The molecular formula is C13H12ClNO4. The van der Waals surface area contributed by atoms with Crippen molar-refractivity contribution in [2.45, 2.75) is 24.5 Å². The number of pyridine rings is 1. The number of aromatic nitrogens is 1. The number of ether oxygens (including phenoxy) is 2. The molecule has 0 bridgehead atoms. The zero-order chi connectivity index (χ0) is 13.6. The van der Waals surface area contributed by atoms with Crippen molar-refractivity contribution in [3.63, 3.8) is 0 Å². The number of ketones is 2. The molecule has 2 aliphatic heterocycles. The SMILES string of the molecule is CC1(C(=O)C(C(=O)C2CO2)c2ncccc2Cl)CO1. The molecular weight excluding hydrogens is 270 g/mol. The molecule has 100 valence electrons. The lowest BCUT2D eigenvalue weighted by molar-refractivity contribution is -0.132. The standard InChI is InChI=1S/C13H12ClNO4/c1-13(6-19-13)12(17)9(11(16)8-5-18-8)10-7(14)3-2-4-15-10/h2-4,8-9H,5-6H2,1H3. The van der Waals surface area contributed by atoms with Gasteiger partial charge in [-0.2, -0.15) is 0 Å². The second kappa shape index (κ2) is 4.37. The zero-order valence-electron chi connectivity index (χ0n) is 10.3. The van der Waals surface area contributed by atoms with E-state index in [9.17, 15) is 9.59 Å². The maximum Gasteiger partial charge on any atom is 0.183 e. The summed E-state index contributed by atoms with van der Waals surface area (Å²) < 4.78 is 10.1. The van der Waals surface area contributed by atoms with Crippen molar-refractivity contribution >= 4 is 23.2 Å². The highest BCUT2D eigenvalue weighted by atomic mass is 35.5. The first-order valence-electron chi connectivity index (χ1n) is 5.97. The quantitative estimate of drug-likeness (QED) is 0.598. The number of Topliss-reactive ketones (excluding diaryl/α,β-unsaturated/α-hetero) is 2. The predicted octanol–water partition coefficient (Wildman–Crippen LogP) is 1.14. The fraction of sp³-hybridized carbons (Fsp3) is 0.462. The third-order valence-corrected chi connectivity index (χ3v) is 3.68. The van der Waals surface area contributed by atoms with Gasteiger partial charge in [0, 0.05) is 6.20 Å². The van der Waals surface area contributed by atoms with Crippen LogP contribution in [-0.4, -0.2) is 41.5 Å². The van der Waals surface area contributed by atoms with Crippen LogP contribution in [0.4, 0.5) is 0 Å². The van der Waals surface area contributed by atoms with Gasteiger partial charge in [0.2, 0.25) is 0 Å². The summed E-state index contributed by atoms with van der Waals surface area (Å²) in [6.07, 6.45) is 0.993. The van der Waals surface area contributed by atoms with Crippen LogP contribution in [0.1, 0.15) is 18.5 Å². The van der Waals surface area contributed by atoms with Crippen LogP contribution in [0, 0.1) is 0 Å². The van der Waals surface area contributed by atoms with Crippen LogP contribution in [0.2, 0.25) is 5.02 Å². The summed E-state index contributed by atoms with van der Waals surface area (Å²) in [5.41, 5.74) is -0.609. The highest BCUT2D eigenvalue weighted by molar-refractivity contribution is 6.32. The Balaban J connectivity index is 1.98. The summed E-state index contributed by atoms with van der Waals surface area (Å²) in [6.45, 7) is 2.34. The van der Waals surface area contributed by atoms with E-state index in [2.05, 4.69) is 4.98 Å². The van der Waals surface area contributed by atoms with Gasteiger partial charge in [0.25, 0.3) is 0 Å². The van der Waals surface area contributed by atoms with Gasteiger partial charge in [0.15, 0.2) is 11.6 Å². The van der Waals surface area contributed by atoms with Gasteiger partial charge in [0.1, 0.15) is 17.6 Å². The Morgan fingerprint density at radius 3 is 2.79 bits per heavy atom. The molecule has 19 heavy (non-hydrogen) atoms. The summed E-state index contributed by atoms with van der Waals surface area (Å²) >= 11 is 6.05. The summed E-state index contributed by atoms with van der Waals surface area (Å²) in [6, 6.07) is 3.27. The first kappa shape index (κ1) is 12.7. The van der Waals surface area contributed by atoms with Crippen molar-refractivity contribution in [1.82, 2.24) is 4.98 Å². The fourth-order valence-electron chi connectivity index (χ4n) is 1.95. The Hall–Kier alpha value is -1.30. The Morgan fingerprint density at radius 1 is 1.58 bits per heavy atom. The van der Waals surface area contributed by atoms with E-state index in [1.807, 2.05) is 0 Å². The summed E-state index contributed by atoms with van der Waals surface area (Å²) in [7, 11) is 0. The predicted molar refractivity (Wildman–Crippen MR) is 66.1 cm³/mol. The summed E-state index contributed by atoms with van der Waals surface area (Å²) in [5.74, 6) is -1.59. The monoisotopic (exact) mass is 281 g/mol. The van der Waals surface area contributed by atoms with Crippen molar-refractivity contribution < 1.29 is 19.1 Å². The normalized spacial score (nSPS) is 29.7. The lowest BCUT2D eigenvalue weighted by Crippen LogP contribution is -2.35. The molecule has 3 rings (SSSR count). The fourth-order valence-corrected chi connectivity index (χ4v) is 2.18. The lowest BCUT2D eigenvalue weighted by atomic mass is 9.86. The van der Waals surface area contributed by atoms with Crippen LogP contribution in [0.25, 0.3) is 0 Å². The van der Waals surface area contributed by atoms with Crippen LogP contribution in [0.15, 0.2) is 18.3 Å². The number of halogens is 1. The topological polar surface area (TPSA) is 72.1 Å². The van der Waals surface area contributed by atoms with Crippen LogP contribution >= 0.6 is 11.6 Å². The molecule has 0 saturated carbocycles. The van der Waals surface area contributed by atoms with Crippen molar-refractivity contribution in [2.24, 2.45) is 0 Å². The second-order valence-electron chi connectivity index (χ2n) is 4.91. The van der Waals surface area contributed by atoms with E-state index in [4.69, 9.17) is 21.1 Å². The zero-order valence-corrected chi connectivity index (χ0v) is 11.0. The maximum absolute atomic E-state index is 12.5. The minimum Gasteiger partial charge on any atom is -0.365 e. The largest absolute Gasteiger partial charge is 0.365 e. The Labute approximate surface area is 114 Å². The number of nitrogens with zero attached hydrogens (tertiary/aromatic N) is 1. The molecule has 0 radical (unpaired) electrons. The minimum atomic E-state index is -1.01. The average molecular weight is 282 g/mol. The van der Waals surface area contributed by atoms with Crippen molar-refractivity contribution in [3.05, 3.63) is 29.0 Å². The van der Waals surface area contributed by atoms with Gasteiger partial charge in [0.05, 0.1) is 23.9 Å². The Morgan fingerprint density at radius 2 is 2.26 bits per heavy atom. The van der Waals surface area contributed by atoms with E-state index >= 15 is 0 Å². The average Bonchev–Trinajstić information content (AvgIpc) is 3.26. The molecule has 2 fully saturated rings. The van der Waals surface area contributed by atoms with Gasteiger partial charge in [-0.25, -0.2) is 0 Å². The molecule has 0 aliphatic carbocycles. The van der Waals surface area contributed by atoms with Crippen molar-refractivity contribution in [1.29, 1.82) is 0 Å². The highest BCUT2D eigenvalue weighted by Gasteiger charge is 2.54. The molecule has 3 atom stereocenters. The molecule has 3 unspecified atom stereocenters. The molecule has 0 amide bonds. The first-order valence-corrected chi connectivity index (χ1v) is 6.35. The van der Waals surface area contributed by atoms with Crippen molar-refractivity contribution in [2.75, 3.05) is 13.2 Å². The lowest BCUT2D eigenvalue weighted by Gasteiger charge is -2.16. The van der Waals surface area contributed by atoms with Gasteiger partial charge in [-0.05, 0) is 19.1 Å². The van der Waals surface area contributed by atoms with E-state index in [-0.39, 0.29) is 17.3 Å². The molecule has 0 aromatic carbocycles. The van der Waals surface area contributed by atoms with Crippen LogP contribution < -0.4 is 0 Å². The third kappa shape index (κ3) is 2.29. The van der Waals surface area contributed by atoms with Gasteiger partial charge in [-0.3, -0.25) is 14.6 Å². The number of carbonyl (C=O) groups is 2. The number of rotatable bonds is 5. The molecule has 3 heterocycles. The molecule has 1 aromatic rings. The Kier molecular flexibility index (Phi) is 2.92. The first-order chi connectivity index (χ1) is 9.03. The summed E-state index contributed by atoms with van der Waals surface area (Å²) in [4.78, 5) is 28.8.